The van der Waals surface area contributed by atoms with Gasteiger partial charge in [0.1, 0.15) is 0 Å². The molecule has 8 rings (SSSR count). The molecule has 6 aromatic rings. The topological polar surface area (TPSA) is 101 Å². The number of aryl methyl sites for hydroxylation is 2. The van der Waals surface area contributed by atoms with Crippen molar-refractivity contribution in [2.75, 3.05) is 0 Å². The number of hydrogen-bond acceptors (Lipinski definition) is 6. The summed E-state index contributed by atoms with van der Waals surface area (Å²) in [4.78, 5) is 38.3. The lowest BCUT2D eigenvalue weighted by Crippen LogP contribution is -2.63. The Bertz CT molecular complexity index is 2140. The molecule has 1 N–H and O–H groups in total. The second-order valence-electron chi connectivity index (χ2n) is 12.4. The van der Waals surface area contributed by atoms with Crippen LogP contribution in [0.25, 0.3) is 39.1 Å². The van der Waals surface area contributed by atoms with E-state index in [-0.39, 0.29) is 24.7 Å². The van der Waals surface area contributed by atoms with E-state index in [1.807, 2.05) is 55.6 Å². The largest absolute Gasteiger partial charge is 0.390 e. The van der Waals surface area contributed by atoms with Crippen molar-refractivity contribution in [1.82, 2.24) is 24.5 Å². The van der Waals surface area contributed by atoms with E-state index in [0.29, 0.717) is 16.8 Å². The van der Waals surface area contributed by atoms with Gasteiger partial charge in [-0.15, -0.1) is 0 Å². The first-order valence-electron chi connectivity index (χ1n) is 14.7. The Morgan fingerprint density at radius 1 is 0.795 bits per heavy atom. The van der Waals surface area contributed by atoms with E-state index >= 15 is 0 Å². The maximum atomic E-state index is 13.6. The molecule has 4 heterocycles. The molecule has 0 spiro atoms. The normalized spacial score (nSPS) is 21.2. The zero-order chi connectivity index (χ0) is 30.4. The smallest absolute Gasteiger partial charge is 0.262 e. The maximum Gasteiger partial charge on any atom is 0.262 e. The van der Waals surface area contributed by atoms with Crippen molar-refractivity contribution >= 4 is 28.5 Å². The Hall–Kier alpha value is -5.21. The Balaban J connectivity index is 1.28. The van der Waals surface area contributed by atoms with Gasteiger partial charge in [-0.1, -0.05) is 60.7 Å². The van der Waals surface area contributed by atoms with Crippen LogP contribution in [0, 0.1) is 13.8 Å². The predicted molar refractivity (Wildman–Crippen MR) is 167 cm³/mol. The highest BCUT2D eigenvalue weighted by molar-refractivity contribution is 6.22. The average molecular weight is 580 g/mol. The lowest BCUT2D eigenvalue weighted by molar-refractivity contribution is -0.118. The fourth-order valence-corrected chi connectivity index (χ4v) is 7.17. The quantitative estimate of drug-likeness (QED) is 0.247. The summed E-state index contributed by atoms with van der Waals surface area (Å²) in [6.07, 6.45) is 2.36. The molecule has 1 aliphatic heterocycles. The Labute approximate surface area is 253 Å². The van der Waals surface area contributed by atoms with Crippen LogP contribution in [-0.4, -0.2) is 47.0 Å². The summed E-state index contributed by atoms with van der Waals surface area (Å²) < 4.78 is 1.78. The summed E-state index contributed by atoms with van der Waals surface area (Å²) in [7, 11) is 0. The second kappa shape index (κ2) is 9.14. The molecule has 2 aliphatic rings. The van der Waals surface area contributed by atoms with Crippen molar-refractivity contribution in [1.29, 1.82) is 0 Å². The summed E-state index contributed by atoms with van der Waals surface area (Å²) in [6.45, 7) is 5.76. The molecular formula is C36H29N5O3. The van der Waals surface area contributed by atoms with Crippen LogP contribution in [0.1, 0.15) is 57.3 Å². The monoisotopic (exact) mass is 579 g/mol. The van der Waals surface area contributed by atoms with Gasteiger partial charge in [-0.2, -0.15) is 9.61 Å². The zero-order valence-electron chi connectivity index (χ0n) is 24.6. The first kappa shape index (κ1) is 26.4. The molecule has 1 saturated carbocycles. The minimum Gasteiger partial charge on any atom is -0.390 e. The van der Waals surface area contributed by atoms with Crippen LogP contribution in [-0.2, 0) is 5.54 Å². The molecule has 216 valence electrons. The number of hydrogen-bond donors (Lipinski definition) is 1. The van der Waals surface area contributed by atoms with E-state index in [9.17, 15) is 14.7 Å². The summed E-state index contributed by atoms with van der Waals surface area (Å²) in [6, 6.07) is 27.1. The van der Waals surface area contributed by atoms with Crippen LogP contribution in [0.4, 0.5) is 0 Å². The highest BCUT2D eigenvalue weighted by Gasteiger charge is 2.60. The van der Waals surface area contributed by atoms with Crippen molar-refractivity contribution in [3.05, 3.63) is 119 Å². The van der Waals surface area contributed by atoms with Gasteiger partial charge in [-0.25, -0.2) is 9.97 Å². The summed E-state index contributed by atoms with van der Waals surface area (Å²) in [5, 5.41) is 16.4. The van der Waals surface area contributed by atoms with Gasteiger partial charge in [0.05, 0.1) is 33.7 Å². The SMILES string of the molecule is Cc1cc2ncc3cc(-c4ccccc4C)c(-c4ccc([C@]5(N6C(=O)c7ccccc7C6=O)C[C@@](C)(O)C5)cc4)nc3n2n1. The molecule has 0 unspecified atom stereocenters. The minimum absolute atomic E-state index is 0.261. The number of nitrogens with zero attached hydrogens (tertiary/aromatic N) is 5. The molecule has 0 bridgehead atoms. The number of aliphatic hydroxyl groups is 1. The Morgan fingerprint density at radius 3 is 2.07 bits per heavy atom. The van der Waals surface area contributed by atoms with Crippen molar-refractivity contribution in [3.63, 3.8) is 0 Å². The van der Waals surface area contributed by atoms with Gasteiger partial charge in [0.2, 0.25) is 0 Å². The zero-order valence-corrected chi connectivity index (χ0v) is 24.6. The number of aromatic nitrogens is 4. The number of amides is 2. The van der Waals surface area contributed by atoms with Crippen LogP contribution in [0.5, 0.6) is 0 Å². The molecule has 0 radical (unpaired) electrons. The first-order valence-corrected chi connectivity index (χ1v) is 14.7. The van der Waals surface area contributed by atoms with E-state index < -0.39 is 11.1 Å². The van der Waals surface area contributed by atoms with Gasteiger partial charge in [0.15, 0.2) is 11.3 Å². The Morgan fingerprint density at radius 2 is 1.43 bits per heavy atom. The fourth-order valence-electron chi connectivity index (χ4n) is 7.17. The van der Waals surface area contributed by atoms with Gasteiger partial charge >= 0.3 is 0 Å². The number of rotatable bonds is 4. The predicted octanol–water partition coefficient (Wildman–Crippen LogP) is 6.26. The number of pyridine rings is 1. The van der Waals surface area contributed by atoms with Gasteiger partial charge in [-0.05, 0) is 55.7 Å². The molecule has 3 aromatic carbocycles. The van der Waals surface area contributed by atoms with Crippen LogP contribution >= 0.6 is 0 Å². The van der Waals surface area contributed by atoms with Crippen LogP contribution < -0.4 is 0 Å². The average Bonchev–Trinajstić information content (AvgIpc) is 3.51. The standard InChI is InChI=1S/C36H29N5O3/c1-21-8-4-5-9-26(21)29-17-24-18-37-30-16-22(2)39-41(30)32(24)38-31(29)23-12-14-25(15-13-23)36(19-35(3,44)20-36)40-33(42)27-10-6-7-11-28(27)34(40)43/h4-18,44H,19-20H2,1-3H3/t35-,36+. The van der Waals surface area contributed by atoms with Crippen LogP contribution in [0.3, 0.4) is 0 Å². The number of carbonyl (C=O) groups is 2. The third-order valence-electron chi connectivity index (χ3n) is 9.08. The molecule has 44 heavy (non-hydrogen) atoms. The van der Waals surface area contributed by atoms with Crippen molar-refractivity contribution in [2.45, 2.75) is 44.8 Å². The molecule has 1 fully saturated rings. The van der Waals surface area contributed by atoms with Gasteiger partial charge in [0, 0.05) is 41.6 Å². The molecular weight excluding hydrogens is 550 g/mol. The number of imide groups is 1. The number of carbonyl (C=O) groups excluding carboxylic acids is 2. The van der Waals surface area contributed by atoms with E-state index in [2.05, 4.69) is 35.2 Å². The second-order valence-corrected chi connectivity index (χ2v) is 12.4. The summed E-state index contributed by atoms with van der Waals surface area (Å²) >= 11 is 0. The molecule has 0 saturated heterocycles. The van der Waals surface area contributed by atoms with E-state index in [1.165, 1.54) is 4.90 Å². The maximum absolute atomic E-state index is 13.6. The van der Waals surface area contributed by atoms with Crippen molar-refractivity contribution in [3.8, 4) is 22.4 Å². The van der Waals surface area contributed by atoms with E-state index in [4.69, 9.17) is 4.98 Å². The van der Waals surface area contributed by atoms with Gasteiger partial charge in [-0.3, -0.25) is 14.5 Å². The molecule has 2 amide bonds. The van der Waals surface area contributed by atoms with Crippen LogP contribution in [0.2, 0.25) is 0 Å². The lowest BCUT2D eigenvalue weighted by Gasteiger charge is -2.55. The van der Waals surface area contributed by atoms with Gasteiger partial charge in [0.25, 0.3) is 11.8 Å². The molecule has 3 aromatic heterocycles. The van der Waals surface area contributed by atoms with Gasteiger partial charge < -0.3 is 5.11 Å². The molecule has 1 aliphatic carbocycles. The van der Waals surface area contributed by atoms with Crippen molar-refractivity contribution in [2.24, 2.45) is 0 Å². The summed E-state index contributed by atoms with van der Waals surface area (Å²) in [5.74, 6) is -0.647. The molecule has 8 heteroatoms. The third kappa shape index (κ3) is 3.77. The van der Waals surface area contributed by atoms with Crippen molar-refractivity contribution < 1.29 is 14.7 Å². The Kier molecular flexibility index (Phi) is 5.49. The highest BCUT2D eigenvalue weighted by Crippen LogP contribution is 2.54. The minimum atomic E-state index is -0.993. The first-order chi connectivity index (χ1) is 21.1. The highest BCUT2D eigenvalue weighted by atomic mass is 16.3. The fraction of sp³-hybridized carbons (Fsp3) is 0.194. The van der Waals surface area contributed by atoms with E-state index in [1.54, 1.807) is 35.7 Å². The summed E-state index contributed by atoms with van der Waals surface area (Å²) in [5.41, 5.74) is 6.77. The lowest BCUT2D eigenvalue weighted by atomic mass is 9.61. The number of benzene rings is 3. The van der Waals surface area contributed by atoms with E-state index in [0.717, 1.165) is 50.2 Å². The molecule has 0 atom stereocenters. The third-order valence-corrected chi connectivity index (χ3v) is 9.08. The van der Waals surface area contributed by atoms with Crippen LogP contribution in [0.15, 0.2) is 91.1 Å². The number of fused-ring (bicyclic) bond motifs is 4. The molecule has 8 nitrogen and oxygen atoms in total.